The first kappa shape index (κ1) is 21.0. The summed E-state index contributed by atoms with van der Waals surface area (Å²) in [7, 11) is 2.02. The molecule has 1 aliphatic rings. The number of allylic oxidation sites excluding steroid dienone is 3. The van der Waals surface area contributed by atoms with E-state index < -0.39 is 0 Å². The molecule has 0 aromatic heterocycles. The van der Waals surface area contributed by atoms with Crippen molar-refractivity contribution in [3.8, 4) is 0 Å². The number of nitrogens with one attached hydrogen (secondary N) is 1. The molecule has 2 rings (SSSR count). The molecule has 140 valence electrons. The van der Waals surface area contributed by atoms with Crippen LogP contribution in [0.5, 0.6) is 0 Å². The van der Waals surface area contributed by atoms with Gasteiger partial charge in [0.1, 0.15) is 0 Å². The molecule has 1 aromatic carbocycles. The summed E-state index contributed by atoms with van der Waals surface area (Å²) in [6.45, 7) is 11.4. The molecule has 3 nitrogen and oxygen atoms in total. The van der Waals surface area contributed by atoms with Gasteiger partial charge in [-0.1, -0.05) is 34.1 Å². The summed E-state index contributed by atoms with van der Waals surface area (Å²) >= 11 is 7.21. The maximum atomic E-state index is 4.59. The molecule has 0 heterocycles. The monoisotopic (exact) mass is 479 g/mol. The third kappa shape index (κ3) is 5.85. The van der Waals surface area contributed by atoms with Gasteiger partial charge in [0, 0.05) is 34.3 Å². The highest BCUT2D eigenvalue weighted by Gasteiger charge is 2.22. The number of hydrogen-bond acceptors (Lipinski definition) is 2. The smallest absolute Gasteiger partial charge is 0.0909 e. The van der Waals surface area contributed by atoms with Crippen molar-refractivity contribution in [2.45, 2.75) is 39.7 Å². The van der Waals surface area contributed by atoms with E-state index in [0.717, 1.165) is 45.3 Å². The predicted octanol–water partition coefficient (Wildman–Crippen LogP) is 5.57. The molecule has 1 unspecified atom stereocenters. The van der Waals surface area contributed by atoms with Crippen LogP contribution in [0.25, 0.3) is 0 Å². The molecule has 0 radical (unpaired) electrons. The van der Waals surface area contributed by atoms with Crippen LogP contribution in [0, 0.1) is 0 Å². The fraction of sp³-hybridized carbons (Fsp3) is 0.381. The zero-order valence-corrected chi connectivity index (χ0v) is 19.1. The van der Waals surface area contributed by atoms with Gasteiger partial charge in [0.15, 0.2) is 0 Å². The van der Waals surface area contributed by atoms with Crippen LogP contribution in [0.15, 0.2) is 61.8 Å². The van der Waals surface area contributed by atoms with Crippen LogP contribution >= 0.6 is 31.9 Å². The highest BCUT2D eigenvalue weighted by molar-refractivity contribution is 9.12. The van der Waals surface area contributed by atoms with Gasteiger partial charge in [0.25, 0.3) is 0 Å². The van der Waals surface area contributed by atoms with Crippen LogP contribution in [0.4, 0.5) is 0 Å². The average molecular weight is 481 g/mol. The van der Waals surface area contributed by atoms with Gasteiger partial charge in [-0.25, -0.2) is 4.99 Å². The number of rotatable bonds is 7. The highest BCUT2D eigenvalue weighted by atomic mass is 79.9. The van der Waals surface area contributed by atoms with Gasteiger partial charge in [0.05, 0.1) is 12.0 Å². The Kier molecular flexibility index (Phi) is 7.71. The second-order valence-electron chi connectivity index (χ2n) is 6.84. The zero-order chi connectivity index (χ0) is 19.3. The van der Waals surface area contributed by atoms with Crippen molar-refractivity contribution in [1.82, 2.24) is 10.2 Å². The van der Waals surface area contributed by atoms with Gasteiger partial charge in [-0.05, 0) is 78.9 Å². The van der Waals surface area contributed by atoms with E-state index in [1.807, 2.05) is 24.4 Å². The lowest BCUT2D eigenvalue weighted by molar-refractivity contribution is 0.551. The summed E-state index contributed by atoms with van der Waals surface area (Å²) < 4.78 is 2.07. The Bertz CT molecular complexity index is 759. The fourth-order valence-corrected chi connectivity index (χ4v) is 3.50. The number of benzene rings is 1. The third-order valence-corrected chi connectivity index (χ3v) is 5.64. The Hall–Kier alpha value is -1.33. The molecule has 26 heavy (non-hydrogen) atoms. The molecule has 1 aliphatic carbocycles. The lowest BCUT2D eigenvalue weighted by Gasteiger charge is -2.16. The van der Waals surface area contributed by atoms with Crippen LogP contribution in [-0.2, 0) is 12.8 Å². The molecule has 0 amide bonds. The van der Waals surface area contributed by atoms with E-state index >= 15 is 0 Å². The van der Waals surface area contributed by atoms with E-state index in [1.54, 1.807) is 0 Å². The first-order chi connectivity index (χ1) is 12.3. The Morgan fingerprint density at radius 2 is 2.04 bits per heavy atom. The summed E-state index contributed by atoms with van der Waals surface area (Å²) in [5.74, 6) is 0. The van der Waals surface area contributed by atoms with E-state index in [1.165, 1.54) is 11.1 Å². The molecular formula is C21H27Br2N3. The van der Waals surface area contributed by atoms with Crippen molar-refractivity contribution in [2.24, 2.45) is 4.99 Å². The summed E-state index contributed by atoms with van der Waals surface area (Å²) in [6, 6.07) is 6.90. The minimum atomic E-state index is 0.373. The highest BCUT2D eigenvalue weighted by Crippen LogP contribution is 2.27. The molecule has 0 fully saturated rings. The van der Waals surface area contributed by atoms with Crippen molar-refractivity contribution in [1.29, 1.82) is 0 Å². The minimum Gasteiger partial charge on any atom is -0.381 e. The second-order valence-corrected chi connectivity index (χ2v) is 8.61. The summed E-state index contributed by atoms with van der Waals surface area (Å²) in [4.78, 5) is 6.64. The number of nitrogens with zero attached hydrogens (tertiary/aromatic N) is 2. The quantitative estimate of drug-likeness (QED) is 0.313. The molecule has 1 aromatic rings. The Morgan fingerprint density at radius 1 is 1.35 bits per heavy atom. The van der Waals surface area contributed by atoms with E-state index in [4.69, 9.17) is 0 Å². The van der Waals surface area contributed by atoms with Crippen molar-refractivity contribution >= 4 is 38.2 Å². The van der Waals surface area contributed by atoms with Gasteiger partial charge >= 0.3 is 0 Å². The molecule has 1 atom stereocenters. The van der Waals surface area contributed by atoms with E-state index in [-0.39, 0.29) is 0 Å². The summed E-state index contributed by atoms with van der Waals surface area (Å²) in [6.07, 6.45) is 5.93. The molecule has 0 saturated heterocycles. The minimum absolute atomic E-state index is 0.373. The van der Waals surface area contributed by atoms with E-state index in [0.29, 0.717) is 6.04 Å². The summed E-state index contributed by atoms with van der Waals surface area (Å²) in [5.41, 5.74) is 5.81. The molecule has 5 heteroatoms. The van der Waals surface area contributed by atoms with Crippen LogP contribution in [0.1, 0.15) is 31.9 Å². The van der Waals surface area contributed by atoms with Gasteiger partial charge in [-0.2, -0.15) is 0 Å². The number of halogens is 2. The number of hydrogen-bond donors (Lipinski definition) is 1. The van der Waals surface area contributed by atoms with Crippen LogP contribution in [0.2, 0.25) is 0 Å². The van der Waals surface area contributed by atoms with E-state index in [2.05, 4.69) is 87.7 Å². The Morgan fingerprint density at radius 3 is 2.69 bits per heavy atom. The number of aliphatic imine (C=N–C) groups is 1. The van der Waals surface area contributed by atoms with Gasteiger partial charge in [-0.3, -0.25) is 0 Å². The van der Waals surface area contributed by atoms with Crippen molar-refractivity contribution in [2.75, 3.05) is 13.6 Å². The van der Waals surface area contributed by atoms with Crippen molar-refractivity contribution < 1.29 is 0 Å². The average Bonchev–Trinajstić information content (AvgIpc) is 2.98. The van der Waals surface area contributed by atoms with Gasteiger partial charge < -0.3 is 10.2 Å². The first-order valence-corrected chi connectivity index (χ1v) is 10.4. The number of fused-ring (bicyclic) bond motifs is 1. The Balaban J connectivity index is 2.03. The largest absolute Gasteiger partial charge is 0.381 e. The van der Waals surface area contributed by atoms with Crippen molar-refractivity contribution in [3.05, 3.63) is 67.9 Å². The third-order valence-electron chi connectivity index (χ3n) is 4.44. The van der Waals surface area contributed by atoms with E-state index in [9.17, 15) is 0 Å². The maximum Gasteiger partial charge on any atom is 0.0909 e. The zero-order valence-electron chi connectivity index (χ0n) is 15.9. The molecule has 0 saturated carbocycles. The fourth-order valence-electron chi connectivity index (χ4n) is 2.76. The summed E-state index contributed by atoms with van der Waals surface area (Å²) in [5, 5.41) is 3.56. The predicted molar refractivity (Wildman–Crippen MR) is 120 cm³/mol. The van der Waals surface area contributed by atoms with Crippen LogP contribution in [0.3, 0.4) is 0 Å². The SMILES string of the molecule is C=C(NC1Cc2ccc(Br)cc2C1)/C(Br)=C\C(N=CN(C)CC)=C(C)C. The molecule has 0 bridgehead atoms. The molecular weight excluding hydrogens is 454 g/mol. The van der Waals surface area contributed by atoms with Crippen molar-refractivity contribution in [3.63, 3.8) is 0 Å². The lowest BCUT2D eigenvalue weighted by atomic mass is 10.1. The molecule has 0 spiro atoms. The topological polar surface area (TPSA) is 27.6 Å². The lowest BCUT2D eigenvalue weighted by Crippen LogP contribution is -2.28. The second kappa shape index (κ2) is 9.56. The van der Waals surface area contributed by atoms with Gasteiger partial charge in [-0.15, -0.1) is 0 Å². The van der Waals surface area contributed by atoms with Gasteiger partial charge in [0.2, 0.25) is 0 Å². The van der Waals surface area contributed by atoms with Crippen LogP contribution in [-0.4, -0.2) is 30.9 Å². The maximum absolute atomic E-state index is 4.59. The Labute approximate surface area is 174 Å². The van der Waals surface area contributed by atoms with Crippen LogP contribution < -0.4 is 5.32 Å². The normalized spacial score (nSPS) is 16.5. The standard InChI is InChI=1S/C21H27Br2N3/c1-6-26(5)13-24-21(14(2)3)12-20(23)15(4)25-19-10-16-7-8-18(22)9-17(16)11-19/h7-9,12-13,19,25H,4,6,10-11H2,1-3,5H3/b20-12+,24-13?. The molecule has 0 aliphatic heterocycles. The first-order valence-electron chi connectivity index (χ1n) is 8.82. The molecule has 1 N–H and O–H groups in total.